The Labute approximate surface area is 212 Å². The van der Waals surface area contributed by atoms with E-state index in [9.17, 15) is 14.7 Å². The number of nitrogens with zero attached hydrogens (tertiary/aromatic N) is 2. The van der Waals surface area contributed by atoms with Crippen molar-refractivity contribution in [3.05, 3.63) is 47.5 Å². The number of allylic oxidation sites excluding steroid dienone is 2. The summed E-state index contributed by atoms with van der Waals surface area (Å²) in [5.41, 5.74) is 1.23. The maximum Gasteiger partial charge on any atom is 0.233 e. The first kappa shape index (κ1) is 24.2. The number of rotatable bonds is 7. The lowest BCUT2D eigenvalue weighted by Gasteiger charge is -2.23. The maximum atomic E-state index is 12.8. The molecule has 1 saturated heterocycles. The van der Waals surface area contributed by atoms with Crippen LogP contribution in [0.15, 0.2) is 41.4 Å². The number of hydrogen-bond acceptors (Lipinski definition) is 4. The number of carbonyl (C=O) groups is 2. The molecule has 0 radical (unpaired) electrons. The molecule has 7 nitrogen and oxygen atoms in total. The van der Waals surface area contributed by atoms with Gasteiger partial charge in [0.1, 0.15) is 5.60 Å². The van der Waals surface area contributed by atoms with Crippen LogP contribution in [0, 0.1) is 23.7 Å². The zero-order valence-electron chi connectivity index (χ0n) is 19.0. The summed E-state index contributed by atoms with van der Waals surface area (Å²) in [6.45, 7) is 4.04. The molecule has 3 N–H and O–H groups in total. The first-order valence-electron chi connectivity index (χ1n) is 11.9. The van der Waals surface area contributed by atoms with Gasteiger partial charge in [0.25, 0.3) is 0 Å². The third kappa shape index (κ3) is 4.32. The number of aliphatic hydroxyl groups is 1. The highest BCUT2D eigenvalue weighted by molar-refractivity contribution is 14.0. The molecular formula is C25H33IN4O3. The molecule has 2 fully saturated rings. The molecule has 1 aromatic carbocycles. The second kappa shape index (κ2) is 9.74. The minimum atomic E-state index is -0.932. The number of benzene rings is 1. The molecular weight excluding hydrogens is 531 g/mol. The number of nitrogens with one attached hydrogen (secondary N) is 2. The van der Waals surface area contributed by atoms with Crippen molar-refractivity contribution >= 4 is 41.8 Å². The van der Waals surface area contributed by atoms with Gasteiger partial charge in [-0.2, -0.15) is 0 Å². The van der Waals surface area contributed by atoms with Crippen molar-refractivity contribution in [3.63, 3.8) is 0 Å². The Kier molecular flexibility index (Phi) is 7.14. The molecule has 4 aliphatic rings. The van der Waals surface area contributed by atoms with Gasteiger partial charge in [0, 0.05) is 19.6 Å². The third-order valence-electron chi connectivity index (χ3n) is 7.58. The van der Waals surface area contributed by atoms with Crippen LogP contribution in [-0.4, -0.2) is 54.0 Å². The summed E-state index contributed by atoms with van der Waals surface area (Å²) in [5.74, 6) is 0.925. The van der Waals surface area contributed by atoms with E-state index in [4.69, 9.17) is 0 Å². The fourth-order valence-corrected chi connectivity index (χ4v) is 6.01. The average Bonchev–Trinajstić information content (AvgIpc) is 3.55. The van der Waals surface area contributed by atoms with Crippen LogP contribution < -0.4 is 10.6 Å². The zero-order valence-corrected chi connectivity index (χ0v) is 21.3. The van der Waals surface area contributed by atoms with E-state index in [0.717, 1.165) is 18.4 Å². The number of aliphatic imine (C=N–C) groups is 1. The van der Waals surface area contributed by atoms with Crippen molar-refractivity contribution in [1.29, 1.82) is 0 Å². The molecule has 1 aromatic rings. The highest BCUT2D eigenvalue weighted by Crippen LogP contribution is 2.52. The number of hydrogen-bond donors (Lipinski definition) is 3. The lowest BCUT2D eigenvalue weighted by atomic mass is 9.85. The summed E-state index contributed by atoms with van der Waals surface area (Å²) in [6, 6.07) is 8.01. The van der Waals surface area contributed by atoms with Gasteiger partial charge < -0.3 is 15.7 Å². The molecule has 0 aromatic heterocycles. The Morgan fingerprint density at radius 3 is 2.55 bits per heavy atom. The van der Waals surface area contributed by atoms with Crippen molar-refractivity contribution in [3.8, 4) is 0 Å². The number of carbonyl (C=O) groups excluding carboxylic acids is 2. The molecule has 8 heteroatoms. The van der Waals surface area contributed by atoms with Crippen molar-refractivity contribution in [2.45, 2.75) is 38.2 Å². The minimum absolute atomic E-state index is 0. The number of fused-ring (bicyclic) bond motifs is 6. The highest BCUT2D eigenvalue weighted by Gasteiger charge is 2.58. The molecule has 1 aliphatic heterocycles. The Morgan fingerprint density at radius 2 is 1.85 bits per heavy atom. The van der Waals surface area contributed by atoms with Gasteiger partial charge in [0.15, 0.2) is 5.96 Å². The quantitative estimate of drug-likeness (QED) is 0.118. The van der Waals surface area contributed by atoms with Gasteiger partial charge in [0.05, 0.1) is 18.4 Å². The lowest BCUT2D eigenvalue weighted by molar-refractivity contribution is -0.140. The number of aryl methyl sites for hydroxylation is 1. The zero-order chi connectivity index (χ0) is 22.3. The maximum absolute atomic E-state index is 12.8. The Bertz CT molecular complexity index is 950. The Morgan fingerprint density at radius 1 is 1.15 bits per heavy atom. The minimum Gasteiger partial charge on any atom is -0.383 e. The second-order valence-corrected chi connectivity index (χ2v) is 9.49. The van der Waals surface area contributed by atoms with Crippen molar-refractivity contribution in [1.82, 2.24) is 15.5 Å². The second-order valence-electron chi connectivity index (χ2n) is 9.49. The molecule has 178 valence electrons. The van der Waals surface area contributed by atoms with E-state index in [-0.39, 0.29) is 59.5 Å². The topological polar surface area (TPSA) is 94.0 Å². The summed E-state index contributed by atoms with van der Waals surface area (Å²) < 4.78 is 0. The van der Waals surface area contributed by atoms with Gasteiger partial charge in [-0.3, -0.25) is 14.5 Å². The molecule has 5 atom stereocenters. The first-order chi connectivity index (χ1) is 15.5. The van der Waals surface area contributed by atoms with Crippen LogP contribution in [0.25, 0.3) is 0 Å². The number of halogens is 1. The van der Waals surface area contributed by atoms with Crippen LogP contribution in [0.5, 0.6) is 0 Å². The van der Waals surface area contributed by atoms with E-state index in [1.54, 1.807) is 0 Å². The molecule has 5 rings (SSSR count). The van der Waals surface area contributed by atoms with Crippen LogP contribution in [0.3, 0.4) is 0 Å². The van der Waals surface area contributed by atoms with E-state index in [1.165, 1.54) is 10.5 Å². The molecule has 2 amide bonds. The van der Waals surface area contributed by atoms with E-state index in [0.29, 0.717) is 45.0 Å². The number of amides is 2. The molecule has 1 saturated carbocycles. The monoisotopic (exact) mass is 564 g/mol. The first-order valence-corrected chi connectivity index (χ1v) is 11.9. The Balaban J connectivity index is 0.00000259. The van der Waals surface area contributed by atoms with Crippen molar-refractivity contribution in [2.24, 2.45) is 28.7 Å². The normalized spacial score (nSPS) is 31.6. The lowest BCUT2D eigenvalue weighted by Crippen LogP contribution is -2.41. The number of guanidine groups is 1. The van der Waals surface area contributed by atoms with Gasteiger partial charge in [-0.25, -0.2) is 4.99 Å². The van der Waals surface area contributed by atoms with Crippen LogP contribution in [0.4, 0.5) is 0 Å². The smallest absolute Gasteiger partial charge is 0.233 e. The van der Waals surface area contributed by atoms with E-state index < -0.39 is 5.60 Å². The summed E-state index contributed by atoms with van der Waals surface area (Å²) in [7, 11) is 0. The van der Waals surface area contributed by atoms with E-state index >= 15 is 0 Å². The van der Waals surface area contributed by atoms with Gasteiger partial charge in [-0.1, -0.05) is 36.4 Å². The van der Waals surface area contributed by atoms with Crippen LogP contribution in [-0.2, 0) is 21.6 Å². The summed E-state index contributed by atoms with van der Waals surface area (Å²) in [5, 5.41) is 17.6. The Hall–Kier alpha value is -1.94. The molecule has 5 unspecified atom stereocenters. The van der Waals surface area contributed by atoms with Crippen LogP contribution >= 0.6 is 24.0 Å². The van der Waals surface area contributed by atoms with Crippen molar-refractivity contribution in [2.75, 3.05) is 26.2 Å². The highest BCUT2D eigenvalue weighted by atomic mass is 127. The van der Waals surface area contributed by atoms with E-state index in [2.05, 4.69) is 33.8 Å². The summed E-state index contributed by atoms with van der Waals surface area (Å²) in [6.07, 6.45) is 7.41. The van der Waals surface area contributed by atoms with Crippen LogP contribution in [0.2, 0.25) is 0 Å². The van der Waals surface area contributed by atoms with Gasteiger partial charge in [0.2, 0.25) is 11.8 Å². The average molecular weight is 564 g/mol. The SMILES string of the molecule is CCNC(=NCC1(O)CCc2ccccc21)NCCCN1C(=O)C2C3C=CC(C3)C2C1=O.I. The van der Waals surface area contributed by atoms with E-state index in [1.807, 2.05) is 25.1 Å². The number of likely N-dealkylation sites (tertiary alicyclic amines) is 1. The van der Waals surface area contributed by atoms with Gasteiger partial charge >= 0.3 is 0 Å². The number of imide groups is 1. The molecule has 1 heterocycles. The predicted octanol–water partition coefficient (Wildman–Crippen LogP) is 2.19. The standard InChI is InChI=1S/C25H32N4O3.HI/c1-2-26-24(28-15-25(32)11-10-16-6-3-4-7-19(16)25)27-12-5-13-29-22(30)20-17-8-9-18(14-17)21(20)23(29)31;/h3-4,6-9,17-18,20-21,32H,2,5,10-15H2,1H3,(H2,26,27,28);1H. The molecule has 0 spiro atoms. The molecule has 33 heavy (non-hydrogen) atoms. The van der Waals surface area contributed by atoms with Gasteiger partial charge in [-0.05, 0) is 55.6 Å². The molecule has 3 aliphatic carbocycles. The largest absolute Gasteiger partial charge is 0.383 e. The van der Waals surface area contributed by atoms with Crippen molar-refractivity contribution < 1.29 is 14.7 Å². The fraction of sp³-hybridized carbons (Fsp3) is 0.560. The van der Waals surface area contributed by atoms with Crippen LogP contribution in [0.1, 0.15) is 37.3 Å². The third-order valence-corrected chi connectivity index (χ3v) is 7.58. The summed E-state index contributed by atoms with van der Waals surface area (Å²) in [4.78, 5) is 31.7. The molecule has 2 bridgehead atoms. The predicted molar refractivity (Wildman–Crippen MR) is 137 cm³/mol. The summed E-state index contributed by atoms with van der Waals surface area (Å²) >= 11 is 0. The fourth-order valence-electron chi connectivity index (χ4n) is 6.01. The van der Waals surface area contributed by atoms with Gasteiger partial charge in [-0.15, -0.1) is 24.0 Å².